The number of rotatable bonds is 2. The van der Waals surface area contributed by atoms with Gasteiger partial charge in [0.25, 0.3) is 0 Å². The molecule has 0 bridgehead atoms. The van der Waals surface area contributed by atoms with Gasteiger partial charge >= 0.3 is 0 Å². The summed E-state index contributed by atoms with van der Waals surface area (Å²) >= 11 is 0. The highest BCUT2D eigenvalue weighted by Crippen LogP contribution is 2.46. The maximum Gasteiger partial charge on any atom is 0.206 e. The van der Waals surface area contributed by atoms with Gasteiger partial charge in [-0.2, -0.15) is 0 Å². The van der Waals surface area contributed by atoms with Crippen molar-refractivity contribution in [1.29, 1.82) is 0 Å². The van der Waals surface area contributed by atoms with Gasteiger partial charge in [-0.15, -0.1) is 0 Å². The zero-order valence-electron chi connectivity index (χ0n) is 14.6. The Morgan fingerprint density at radius 1 is 1.08 bits per heavy atom. The van der Waals surface area contributed by atoms with E-state index in [1.807, 2.05) is 18.2 Å². The van der Waals surface area contributed by atoms with Crippen molar-refractivity contribution in [2.75, 3.05) is 25.0 Å². The Bertz CT molecular complexity index is 880. The van der Waals surface area contributed by atoms with Gasteiger partial charge in [0, 0.05) is 24.7 Å². The molecule has 2 aliphatic heterocycles. The van der Waals surface area contributed by atoms with Gasteiger partial charge in [0.2, 0.25) is 9.84 Å². The van der Waals surface area contributed by atoms with E-state index in [2.05, 4.69) is 24.2 Å². The lowest BCUT2D eigenvalue weighted by molar-refractivity contribution is 0.424. The van der Waals surface area contributed by atoms with Gasteiger partial charge in [-0.05, 0) is 61.3 Å². The van der Waals surface area contributed by atoms with Crippen LogP contribution in [0.2, 0.25) is 0 Å². The van der Waals surface area contributed by atoms with Crippen LogP contribution in [0.4, 0.5) is 5.69 Å². The van der Waals surface area contributed by atoms with Crippen molar-refractivity contribution in [3.05, 3.63) is 54.1 Å². The maximum absolute atomic E-state index is 13.0. The van der Waals surface area contributed by atoms with Crippen LogP contribution in [-0.4, -0.2) is 34.6 Å². The second-order valence-corrected chi connectivity index (χ2v) is 9.16. The predicted octanol–water partition coefficient (Wildman–Crippen LogP) is 3.05. The normalized spacial score (nSPS) is 26.0. The third-order valence-corrected chi connectivity index (χ3v) is 7.48. The first-order valence-corrected chi connectivity index (χ1v) is 10.4. The molecule has 0 aliphatic carbocycles. The lowest BCUT2D eigenvalue weighted by Gasteiger charge is -2.27. The van der Waals surface area contributed by atoms with Crippen molar-refractivity contribution in [1.82, 2.24) is 5.32 Å². The molecular weight excluding hydrogens is 332 g/mol. The number of sulfone groups is 1. The van der Waals surface area contributed by atoms with Crippen LogP contribution < -0.4 is 10.2 Å². The zero-order valence-corrected chi connectivity index (χ0v) is 15.5. The van der Waals surface area contributed by atoms with Crippen molar-refractivity contribution < 1.29 is 8.42 Å². The van der Waals surface area contributed by atoms with E-state index in [9.17, 15) is 8.42 Å². The molecule has 4 nitrogen and oxygen atoms in total. The number of fused-ring (bicyclic) bond motifs is 3. The number of likely N-dealkylation sites (N-methyl/N-ethyl adjacent to an activating group) is 1. The average Bonchev–Trinajstić information content (AvgIpc) is 2.77. The third-order valence-electron chi connectivity index (χ3n) is 5.71. The fourth-order valence-corrected chi connectivity index (χ4v) is 5.73. The van der Waals surface area contributed by atoms with Gasteiger partial charge in [-0.25, -0.2) is 8.42 Å². The van der Waals surface area contributed by atoms with Crippen LogP contribution in [0.25, 0.3) is 0 Å². The highest BCUT2D eigenvalue weighted by Gasteiger charge is 2.41. The highest BCUT2D eigenvalue weighted by atomic mass is 32.2. The fourth-order valence-electron chi connectivity index (χ4n) is 4.42. The number of benzene rings is 2. The van der Waals surface area contributed by atoms with Crippen molar-refractivity contribution in [2.45, 2.75) is 35.1 Å². The average molecular weight is 356 g/mol. The summed E-state index contributed by atoms with van der Waals surface area (Å²) < 4.78 is 26.0. The van der Waals surface area contributed by atoms with E-state index in [1.165, 1.54) is 11.3 Å². The second-order valence-electron chi connectivity index (χ2n) is 7.21. The Balaban J connectivity index is 1.81. The number of hydrogen-bond acceptors (Lipinski definition) is 4. The van der Waals surface area contributed by atoms with E-state index in [-0.39, 0.29) is 0 Å². The number of anilines is 1. The number of hydrogen-bond donors (Lipinski definition) is 1. The molecule has 0 amide bonds. The summed E-state index contributed by atoms with van der Waals surface area (Å²) in [6, 6.07) is 14.8. The topological polar surface area (TPSA) is 49.4 Å². The maximum atomic E-state index is 13.0. The van der Waals surface area contributed by atoms with E-state index < -0.39 is 9.84 Å². The van der Waals surface area contributed by atoms with E-state index in [0.29, 0.717) is 27.7 Å². The summed E-state index contributed by atoms with van der Waals surface area (Å²) in [6.45, 7) is 4.25. The monoisotopic (exact) mass is 356 g/mol. The van der Waals surface area contributed by atoms with Gasteiger partial charge in [-0.1, -0.05) is 25.1 Å². The predicted molar refractivity (Wildman–Crippen MR) is 99.9 cm³/mol. The smallest absolute Gasteiger partial charge is 0.206 e. The van der Waals surface area contributed by atoms with Crippen LogP contribution in [0.1, 0.15) is 24.8 Å². The molecule has 4 rings (SSSR count). The Hall–Kier alpha value is -1.85. The molecule has 2 aromatic carbocycles. The van der Waals surface area contributed by atoms with Gasteiger partial charge in [0.05, 0.1) is 9.79 Å². The Labute approximate surface area is 149 Å². The SMILES string of the molecule is CC1CNCC[C@@H]2[C@H]1c1cc(S(=O)(=O)c3ccccc3)ccc1N2C. The molecule has 1 fully saturated rings. The van der Waals surface area contributed by atoms with Gasteiger partial charge in [0.15, 0.2) is 0 Å². The quantitative estimate of drug-likeness (QED) is 0.898. The molecule has 2 aliphatic rings. The summed E-state index contributed by atoms with van der Waals surface area (Å²) in [7, 11) is -1.34. The zero-order chi connectivity index (χ0) is 17.6. The van der Waals surface area contributed by atoms with E-state index in [4.69, 9.17) is 0 Å². The minimum atomic E-state index is -3.48. The van der Waals surface area contributed by atoms with Crippen molar-refractivity contribution in [3.63, 3.8) is 0 Å². The van der Waals surface area contributed by atoms with Crippen molar-refractivity contribution in [2.24, 2.45) is 5.92 Å². The molecule has 0 spiro atoms. The Kier molecular flexibility index (Phi) is 4.08. The molecular formula is C20H24N2O2S. The third kappa shape index (κ3) is 2.66. The molecule has 1 N–H and O–H groups in total. The molecule has 0 radical (unpaired) electrons. The molecule has 0 saturated carbocycles. The van der Waals surface area contributed by atoms with Crippen LogP contribution in [-0.2, 0) is 9.84 Å². The van der Waals surface area contributed by atoms with Gasteiger partial charge in [-0.3, -0.25) is 0 Å². The first-order chi connectivity index (χ1) is 12.0. The molecule has 1 unspecified atom stereocenters. The van der Waals surface area contributed by atoms with Crippen LogP contribution in [0.3, 0.4) is 0 Å². The second kappa shape index (κ2) is 6.15. The summed E-state index contributed by atoms with van der Waals surface area (Å²) in [5.74, 6) is 0.854. The van der Waals surface area contributed by atoms with E-state index >= 15 is 0 Å². The number of nitrogens with zero attached hydrogens (tertiary/aromatic N) is 1. The standard InChI is InChI=1S/C20H24N2O2S/c1-14-13-21-11-10-19-20(14)17-12-16(8-9-18(17)22(19)2)25(23,24)15-6-4-3-5-7-15/h3-9,12,14,19-21H,10-11,13H2,1-2H3/t14?,19-,20-/m1/s1. The largest absolute Gasteiger partial charge is 0.371 e. The molecule has 2 aromatic rings. The molecule has 132 valence electrons. The van der Waals surface area contributed by atoms with E-state index in [1.54, 1.807) is 30.3 Å². The van der Waals surface area contributed by atoms with Crippen molar-refractivity contribution >= 4 is 15.5 Å². The molecule has 3 atom stereocenters. The molecule has 1 saturated heterocycles. The fraction of sp³-hybridized carbons (Fsp3) is 0.400. The molecule has 5 heteroatoms. The first kappa shape index (κ1) is 16.6. The molecule has 25 heavy (non-hydrogen) atoms. The molecule has 0 aromatic heterocycles. The van der Waals surface area contributed by atoms with E-state index in [0.717, 1.165) is 19.5 Å². The van der Waals surface area contributed by atoms with Crippen LogP contribution in [0, 0.1) is 5.92 Å². The lowest BCUT2D eigenvalue weighted by Crippen LogP contribution is -2.32. The number of nitrogens with one attached hydrogen (secondary N) is 1. The van der Waals surface area contributed by atoms with Crippen molar-refractivity contribution in [3.8, 4) is 0 Å². The van der Waals surface area contributed by atoms with Gasteiger partial charge < -0.3 is 10.2 Å². The lowest BCUT2D eigenvalue weighted by atomic mass is 9.84. The van der Waals surface area contributed by atoms with Crippen LogP contribution >= 0.6 is 0 Å². The minimum absolute atomic E-state index is 0.355. The Morgan fingerprint density at radius 3 is 2.60 bits per heavy atom. The Morgan fingerprint density at radius 2 is 1.84 bits per heavy atom. The summed E-state index contributed by atoms with van der Waals surface area (Å²) in [5.41, 5.74) is 2.36. The van der Waals surface area contributed by atoms with Gasteiger partial charge in [0.1, 0.15) is 0 Å². The van der Waals surface area contributed by atoms with Crippen LogP contribution in [0.15, 0.2) is 58.3 Å². The first-order valence-electron chi connectivity index (χ1n) is 8.88. The summed E-state index contributed by atoms with van der Waals surface area (Å²) in [5, 5.41) is 3.50. The summed E-state index contributed by atoms with van der Waals surface area (Å²) in [4.78, 5) is 3.09. The highest BCUT2D eigenvalue weighted by molar-refractivity contribution is 7.91. The summed E-state index contributed by atoms with van der Waals surface area (Å²) in [6.07, 6.45) is 1.08. The van der Waals surface area contributed by atoms with Crippen LogP contribution in [0.5, 0.6) is 0 Å². The molecule has 2 heterocycles. The minimum Gasteiger partial charge on any atom is -0.371 e.